The van der Waals surface area contributed by atoms with Crippen molar-refractivity contribution in [1.82, 2.24) is 9.78 Å². The number of halogens is 2. The van der Waals surface area contributed by atoms with Gasteiger partial charge in [-0.2, -0.15) is 0 Å². The van der Waals surface area contributed by atoms with E-state index in [2.05, 4.69) is 15.7 Å². The number of aromatic amines is 1. The van der Waals surface area contributed by atoms with E-state index in [0.29, 0.717) is 23.7 Å². The normalized spacial score (nSPS) is 10.8. The zero-order chi connectivity index (χ0) is 18.0. The third kappa shape index (κ3) is 3.52. The van der Waals surface area contributed by atoms with Crippen molar-refractivity contribution in [3.63, 3.8) is 0 Å². The number of hydrogen-bond acceptors (Lipinski definition) is 2. The molecule has 0 radical (unpaired) electrons. The van der Waals surface area contributed by atoms with Crippen molar-refractivity contribution in [2.24, 2.45) is 0 Å². The summed E-state index contributed by atoms with van der Waals surface area (Å²) in [4.78, 5) is 24.0. The first-order valence-electron chi connectivity index (χ1n) is 7.73. The Balaban J connectivity index is 1.79. The van der Waals surface area contributed by atoms with Gasteiger partial charge in [-0.1, -0.05) is 6.92 Å². The lowest BCUT2D eigenvalue weighted by molar-refractivity contribution is 0.262. The van der Waals surface area contributed by atoms with Crippen molar-refractivity contribution < 1.29 is 13.6 Å². The van der Waals surface area contributed by atoms with E-state index in [-0.39, 0.29) is 11.2 Å². The molecule has 0 aliphatic rings. The van der Waals surface area contributed by atoms with E-state index in [0.717, 1.165) is 24.1 Å². The Morgan fingerprint density at radius 2 is 1.96 bits per heavy atom. The van der Waals surface area contributed by atoms with Gasteiger partial charge < -0.3 is 10.6 Å². The monoisotopic (exact) mass is 346 g/mol. The molecule has 1 heterocycles. The molecule has 0 saturated carbocycles. The van der Waals surface area contributed by atoms with Crippen LogP contribution in [0.1, 0.15) is 13.3 Å². The van der Waals surface area contributed by atoms with Crippen molar-refractivity contribution in [2.75, 3.05) is 10.6 Å². The van der Waals surface area contributed by atoms with Crippen LogP contribution in [0.15, 0.2) is 41.2 Å². The number of nitrogens with one attached hydrogen (secondary N) is 3. The van der Waals surface area contributed by atoms with E-state index in [1.165, 1.54) is 0 Å². The van der Waals surface area contributed by atoms with Crippen molar-refractivity contribution >= 4 is 28.3 Å². The van der Waals surface area contributed by atoms with Crippen LogP contribution in [0.5, 0.6) is 0 Å². The highest BCUT2D eigenvalue weighted by Crippen LogP contribution is 2.18. The number of benzene rings is 2. The maximum Gasteiger partial charge on any atom is 0.323 e. The van der Waals surface area contributed by atoms with E-state index in [1.54, 1.807) is 22.9 Å². The number of nitrogens with zero attached hydrogens (tertiary/aromatic N) is 1. The lowest BCUT2D eigenvalue weighted by Gasteiger charge is -2.09. The van der Waals surface area contributed by atoms with Gasteiger partial charge in [0.2, 0.25) is 0 Å². The van der Waals surface area contributed by atoms with Gasteiger partial charge in [0.05, 0.1) is 16.6 Å². The first kappa shape index (κ1) is 16.7. The average molecular weight is 346 g/mol. The molecule has 25 heavy (non-hydrogen) atoms. The Bertz CT molecular complexity index is 994. The number of carbonyl (C=O) groups is 1. The van der Waals surface area contributed by atoms with Gasteiger partial charge in [-0.3, -0.25) is 14.6 Å². The van der Waals surface area contributed by atoms with Gasteiger partial charge in [0.1, 0.15) is 11.6 Å². The van der Waals surface area contributed by atoms with Crippen molar-refractivity contribution in [1.29, 1.82) is 0 Å². The second kappa shape index (κ2) is 6.76. The highest BCUT2D eigenvalue weighted by Gasteiger charge is 2.11. The molecule has 0 aliphatic heterocycles. The van der Waals surface area contributed by atoms with E-state index in [1.807, 2.05) is 6.92 Å². The molecule has 3 rings (SSSR count). The highest BCUT2D eigenvalue weighted by atomic mass is 19.1. The molecular weight excluding hydrogens is 330 g/mol. The van der Waals surface area contributed by atoms with E-state index in [4.69, 9.17) is 0 Å². The lowest BCUT2D eigenvalue weighted by Crippen LogP contribution is -2.20. The summed E-state index contributed by atoms with van der Waals surface area (Å²) in [6, 6.07) is 7.05. The fourth-order valence-corrected chi connectivity index (χ4v) is 2.55. The van der Waals surface area contributed by atoms with E-state index < -0.39 is 17.7 Å². The Kier molecular flexibility index (Phi) is 4.51. The molecule has 2 aromatic carbocycles. The third-order valence-electron chi connectivity index (χ3n) is 3.65. The summed E-state index contributed by atoms with van der Waals surface area (Å²) in [5, 5.41) is 7.99. The van der Waals surface area contributed by atoms with E-state index >= 15 is 0 Å². The maximum atomic E-state index is 13.6. The zero-order valence-corrected chi connectivity index (χ0v) is 13.4. The number of amides is 2. The molecule has 3 N–H and O–H groups in total. The number of carbonyl (C=O) groups excluding carboxylic acids is 1. The molecule has 3 aromatic rings. The Morgan fingerprint density at radius 1 is 1.16 bits per heavy atom. The smallest absolute Gasteiger partial charge is 0.308 e. The molecule has 0 unspecified atom stereocenters. The predicted molar refractivity (Wildman–Crippen MR) is 91.8 cm³/mol. The van der Waals surface area contributed by atoms with Gasteiger partial charge in [-0.15, -0.1) is 0 Å². The van der Waals surface area contributed by atoms with Crippen LogP contribution >= 0.6 is 0 Å². The van der Waals surface area contributed by atoms with Crippen molar-refractivity contribution in [3.8, 4) is 0 Å². The van der Waals surface area contributed by atoms with Crippen LogP contribution < -0.4 is 16.2 Å². The summed E-state index contributed by atoms with van der Waals surface area (Å²) >= 11 is 0. The summed E-state index contributed by atoms with van der Waals surface area (Å²) in [5.74, 6) is -1.61. The SMILES string of the molecule is CCCn1[nH]c(=O)c2cc(NC(=O)Nc3ccc(F)cc3F)ccc21. The summed E-state index contributed by atoms with van der Waals surface area (Å²) < 4.78 is 28.2. The summed E-state index contributed by atoms with van der Waals surface area (Å²) in [7, 11) is 0. The summed E-state index contributed by atoms with van der Waals surface area (Å²) in [5.41, 5.74) is 0.721. The lowest BCUT2D eigenvalue weighted by atomic mass is 10.2. The number of H-pyrrole nitrogens is 1. The molecule has 2 amide bonds. The number of urea groups is 1. The molecule has 0 bridgehead atoms. The standard InChI is InChI=1S/C17H16F2N4O2/c1-2-7-23-15-6-4-11(9-12(15)16(24)22-23)20-17(25)21-14-5-3-10(18)8-13(14)19/h3-6,8-9H,2,7H2,1H3,(H,22,24)(H2,20,21,25). The van der Waals surface area contributed by atoms with Crippen LogP contribution in [-0.4, -0.2) is 15.8 Å². The summed E-state index contributed by atoms with van der Waals surface area (Å²) in [6.07, 6.45) is 0.866. The molecule has 0 atom stereocenters. The number of aromatic nitrogens is 2. The van der Waals surface area contributed by atoms with Crippen LogP contribution in [0.25, 0.3) is 10.9 Å². The van der Waals surface area contributed by atoms with Gasteiger partial charge in [0.15, 0.2) is 0 Å². The van der Waals surface area contributed by atoms with Gasteiger partial charge in [-0.05, 0) is 36.8 Å². The molecule has 0 spiro atoms. The quantitative estimate of drug-likeness (QED) is 0.674. The molecule has 8 heteroatoms. The van der Waals surface area contributed by atoms with Crippen molar-refractivity contribution in [2.45, 2.75) is 19.9 Å². The second-order valence-electron chi connectivity index (χ2n) is 5.53. The second-order valence-corrected chi connectivity index (χ2v) is 5.53. The number of aryl methyl sites for hydroxylation is 1. The van der Waals surface area contributed by atoms with Crippen LogP contribution in [0.2, 0.25) is 0 Å². The summed E-state index contributed by atoms with van der Waals surface area (Å²) in [6.45, 7) is 2.68. The van der Waals surface area contributed by atoms with E-state index in [9.17, 15) is 18.4 Å². The molecule has 0 saturated heterocycles. The highest BCUT2D eigenvalue weighted by molar-refractivity contribution is 6.01. The Hall–Kier alpha value is -3.16. The molecule has 130 valence electrons. The minimum Gasteiger partial charge on any atom is -0.308 e. The Morgan fingerprint density at radius 3 is 2.68 bits per heavy atom. The molecule has 0 aliphatic carbocycles. The molecule has 0 fully saturated rings. The van der Waals surface area contributed by atoms with Gasteiger partial charge >= 0.3 is 6.03 Å². The van der Waals surface area contributed by atoms with Crippen molar-refractivity contribution in [3.05, 3.63) is 58.4 Å². The largest absolute Gasteiger partial charge is 0.323 e. The fourth-order valence-electron chi connectivity index (χ4n) is 2.55. The van der Waals surface area contributed by atoms with Gasteiger partial charge in [0.25, 0.3) is 5.56 Å². The maximum absolute atomic E-state index is 13.6. The number of anilines is 2. The topological polar surface area (TPSA) is 78.9 Å². The minimum atomic E-state index is -0.876. The minimum absolute atomic E-state index is 0.146. The van der Waals surface area contributed by atoms with Crippen LogP contribution in [0.4, 0.5) is 25.0 Å². The first-order valence-corrected chi connectivity index (χ1v) is 7.73. The van der Waals surface area contributed by atoms with Crippen LogP contribution in [0.3, 0.4) is 0 Å². The third-order valence-corrected chi connectivity index (χ3v) is 3.65. The van der Waals surface area contributed by atoms with Gasteiger partial charge in [-0.25, -0.2) is 13.6 Å². The number of rotatable bonds is 4. The molecule has 1 aromatic heterocycles. The average Bonchev–Trinajstić information content (AvgIpc) is 2.86. The predicted octanol–water partition coefficient (Wildman–Crippen LogP) is 3.66. The molecule has 6 nitrogen and oxygen atoms in total. The van der Waals surface area contributed by atoms with Crippen LogP contribution in [0, 0.1) is 11.6 Å². The Labute approximate surface area is 141 Å². The van der Waals surface area contributed by atoms with Gasteiger partial charge in [0, 0.05) is 18.3 Å². The fraction of sp³-hybridized carbons (Fsp3) is 0.176. The number of hydrogen-bond donors (Lipinski definition) is 3. The molecular formula is C17H16F2N4O2. The zero-order valence-electron chi connectivity index (χ0n) is 13.4. The first-order chi connectivity index (χ1) is 12.0. The number of fused-ring (bicyclic) bond motifs is 1. The van der Waals surface area contributed by atoms with Crippen LogP contribution in [-0.2, 0) is 6.54 Å².